The summed E-state index contributed by atoms with van der Waals surface area (Å²) in [5.74, 6) is -1.58. The Morgan fingerprint density at radius 3 is 2.29 bits per heavy atom. The third-order valence-corrected chi connectivity index (χ3v) is 3.42. The van der Waals surface area contributed by atoms with E-state index in [0.717, 1.165) is 16.8 Å². The van der Waals surface area contributed by atoms with Gasteiger partial charge < -0.3 is 10.0 Å². The second kappa shape index (κ2) is 6.29. The maximum Gasteiger partial charge on any atom is 0.308 e. The van der Waals surface area contributed by atoms with Crippen LogP contribution in [0.3, 0.4) is 0 Å². The first kappa shape index (κ1) is 17.2. The molecule has 0 aliphatic rings. The first-order chi connectivity index (χ1) is 9.54. The minimum atomic E-state index is -0.896. The van der Waals surface area contributed by atoms with Gasteiger partial charge in [-0.3, -0.25) is 9.59 Å². The van der Waals surface area contributed by atoms with Gasteiger partial charge in [0, 0.05) is 17.6 Å². The molecule has 1 unspecified atom stereocenters. The van der Waals surface area contributed by atoms with Gasteiger partial charge in [0.25, 0.3) is 0 Å². The largest absolute Gasteiger partial charge is 0.481 e. The molecule has 1 aromatic carbocycles. The fourth-order valence-electron chi connectivity index (χ4n) is 2.06. The van der Waals surface area contributed by atoms with Crippen LogP contribution in [0.2, 0.25) is 0 Å². The highest BCUT2D eigenvalue weighted by atomic mass is 16.4. The molecule has 1 N–H and O–H groups in total. The molecule has 1 aromatic rings. The number of carboxylic acids is 1. The maximum absolute atomic E-state index is 12.7. The van der Waals surface area contributed by atoms with Crippen molar-refractivity contribution < 1.29 is 14.7 Å². The zero-order valence-corrected chi connectivity index (χ0v) is 13.7. The molecule has 0 fully saturated rings. The predicted molar refractivity (Wildman–Crippen MR) is 84.5 cm³/mol. The van der Waals surface area contributed by atoms with E-state index in [-0.39, 0.29) is 12.5 Å². The molecule has 0 radical (unpaired) electrons. The van der Waals surface area contributed by atoms with Crippen LogP contribution in [0.25, 0.3) is 0 Å². The molecule has 0 saturated carbocycles. The minimum Gasteiger partial charge on any atom is -0.481 e. The van der Waals surface area contributed by atoms with Crippen LogP contribution in [-0.2, 0) is 9.59 Å². The number of aliphatic carboxylic acids is 1. The third-order valence-electron chi connectivity index (χ3n) is 3.42. The van der Waals surface area contributed by atoms with Crippen LogP contribution in [-0.4, -0.2) is 23.5 Å². The summed E-state index contributed by atoms with van der Waals surface area (Å²) in [6, 6.07) is 5.88. The van der Waals surface area contributed by atoms with E-state index in [0.29, 0.717) is 0 Å². The van der Waals surface area contributed by atoms with Crippen LogP contribution in [0.1, 0.15) is 38.8 Å². The first-order valence-electron chi connectivity index (χ1n) is 7.16. The van der Waals surface area contributed by atoms with E-state index in [1.165, 1.54) is 0 Å². The average molecular weight is 291 g/mol. The lowest BCUT2D eigenvalue weighted by Gasteiger charge is -2.32. The van der Waals surface area contributed by atoms with Crippen LogP contribution in [0.5, 0.6) is 0 Å². The molecule has 4 heteroatoms. The van der Waals surface area contributed by atoms with Crippen molar-refractivity contribution in [3.8, 4) is 0 Å². The molecule has 0 aromatic heterocycles. The van der Waals surface area contributed by atoms with Crippen molar-refractivity contribution in [3.63, 3.8) is 0 Å². The molecule has 1 atom stereocenters. The van der Waals surface area contributed by atoms with Gasteiger partial charge >= 0.3 is 5.97 Å². The Morgan fingerprint density at radius 1 is 1.24 bits per heavy atom. The van der Waals surface area contributed by atoms with Gasteiger partial charge in [0.1, 0.15) is 0 Å². The summed E-state index contributed by atoms with van der Waals surface area (Å²) in [5, 5.41) is 9.15. The van der Waals surface area contributed by atoms with Gasteiger partial charge in [-0.05, 0) is 31.0 Å². The summed E-state index contributed by atoms with van der Waals surface area (Å²) in [7, 11) is 0. The first-order valence-corrected chi connectivity index (χ1v) is 7.16. The Kier molecular flexibility index (Phi) is 5.15. The lowest BCUT2D eigenvalue weighted by molar-refractivity contribution is -0.140. The van der Waals surface area contributed by atoms with Crippen molar-refractivity contribution in [2.24, 2.45) is 11.3 Å². The lowest BCUT2D eigenvalue weighted by Crippen LogP contribution is -2.43. The van der Waals surface area contributed by atoms with E-state index >= 15 is 0 Å². The highest BCUT2D eigenvalue weighted by Gasteiger charge is 2.31. The van der Waals surface area contributed by atoms with Crippen molar-refractivity contribution in [2.75, 3.05) is 11.4 Å². The van der Waals surface area contributed by atoms with Crippen LogP contribution >= 0.6 is 0 Å². The third kappa shape index (κ3) is 4.31. The number of nitrogens with zero attached hydrogens (tertiary/aromatic N) is 1. The van der Waals surface area contributed by atoms with Crippen LogP contribution in [0, 0.1) is 25.2 Å². The molecule has 0 spiro atoms. The van der Waals surface area contributed by atoms with Crippen molar-refractivity contribution in [1.29, 1.82) is 0 Å². The van der Waals surface area contributed by atoms with Gasteiger partial charge in [-0.25, -0.2) is 0 Å². The Bertz CT molecular complexity index is 543. The van der Waals surface area contributed by atoms with Crippen molar-refractivity contribution in [2.45, 2.75) is 41.5 Å². The number of anilines is 1. The summed E-state index contributed by atoms with van der Waals surface area (Å²) in [6.07, 6.45) is 0. The SMILES string of the molecule is Cc1ccc(C)c(N(CC(C)C(=O)O)C(=O)C(C)(C)C)c1. The van der Waals surface area contributed by atoms with Crippen molar-refractivity contribution >= 4 is 17.6 Å². The molecule has 1 rings (SSSR count). The number of carboxylic acid groups (broad SMARTS) is 1. The molecule has 21 heavy (non-hydrogen) atoms. The highest BCUT2D eigenvalue weighted by Crippen LogP contribution is 2.28. The summed E-state index contributed by atoms with van der Waals surface area (Å²) in [4.78, 5) is 25.5. The maximum atomic E-state index is 12.7. The molecule has 4 nitrogen and oxygen atoms in total. The Morgan fingerprint density at radius 2 is 1.81 bits per heavy atom. The number of hydrogen-bond donors (Lipinski definition) is 1. The van der Waals surface area contributed by atoms with Crippen LogP contribution < -0.4 is 4.90 Å². The zero-order chi connectivity index (χ0) is 16.4. The number of rotatable bonds is 4. The molecule has 1 amide bonds. The lowest BCUT2D eigenvalue weighted by atomic mass is 9.93. The molecular formula is C17H25NO3. The molecule has 0 aliphatic carbocycles. The normalized spacial score (nSPS) is 12.9. The van der Waals surface area contributed by atoms with Crippen molar-refractivity contribution in [3.05, 3.63) is 29.3 Å². The van der Waals surface area contributed by atoms with E-state index in [2.05, 4.69) is 0 Å². The topological polar surface area (TPSA) is 57.6 Å². The van der Waals surface area contributed by atoms with E-state index < -0.39 is 17.3 Å². The minimum absolute atomic E-state index is 0.0655. The predicted octanol–water partition coefficient (Wildman–Crippen LogP) is 3.40. The molecule has 0 saturated heterocycles. The molecule has 0 heterocycles. The number of carbonyl (C=O) groups excluding carboxylic acids is 1. The van der Waals surface area contributed by atoms with Gasteiger partial charge in [0.15, 0.2) is 0 Å². The van der Waals surface area contributed by atoms with E-state index in [1.807, 2.05) is 52.8 Å². The van der Waals surface area contributed by atoms with Crippen molar-refractivity contribution in [1.82, 2.24) is 0 Å². The molecule has 0 aliphatic heterocycles. The van der Waals surface area contributed by atoms with Crippen LogP contribution in [0.4, 0.5) is 5.69 Å². The molecule has 0 bridgehead atoms. The van der Waals surface area contributed by atoms with E-state index in [1.54, 1.807) is 11.8 Å². The summed E-state index contributed by atoms with van der Waals surface area (Å²) in [5.41, 5.74) is 2.25. The average Bonchev–Trinajstić information content (AvgIpc) is 2.36. The van der Waals surface area contributed by atoms with E-state index in [9.17, 15) is 9.59 Å². The summed E-state index contributed by atoms with van der Waals surface area (Å²) in [6.45, 7) is 11.2. The zero-order valence-electron chi connectivity index (χ0n) is 13.7. The summed E-state index contributed by atoms with van der Waals surface area (Å²) < 4.78 is 0. The fraction of sp³-hybridized carbons (Fsp3) is 0.529. The standard InChI is InChI=1S/C17H25NO3/c1-11-7-8-12(2)14(9-11)18(10-13(3)15(19)20)16(21)17(4,5)6/h7-9,13H,10H2,1-6H3,(H,19,20). The van der Waals surface area contributed by atoms with Gasteiger partial charge in [0.05, 0.1) is 5.92 Å². The Labute approximate surface area is 126 Å². The van der Waals surface area contributed by atoms with Gasteiger partial charge in [0.2, 0.25) is 5.91 Å². The fourth-order valence-corrected chi connectivity index (χ4v) is 2.06. The van der Waals surface area contributed by atoms with E-state index in [4.69, 9.17) is 5.11 Å². The quantitative estimate of drug-likeness (QED) is 0.925. The smallest absolute Gasteiger partial charge is 0.308 e. The highest BCUT2D eigenvalue weighted by molar-refractivity contribution is 5.98. The number of aryl methyl sites for hydroxylation is 2. The molecule has 116 valence electrons. The Balaban J connectivity index is 3.27. The number of hydrogen-bond acceptors (Lipinski definition) is 2. The van der Waals surface area contributed by atoms with Gasteiger partial charge in [-0.1, -0.05) is 39.8 Å². The monoisotopic (exact) mass is 291 g/mol. The number of amides is 1. The second-order valence-corrected chi connectivity index (χ2v) is 6.69. The van der Waals surface area contributed by atoms with Gasteiger partial charge in [-0.15, -0.1) is 0 Å². The van der Waals surface area contributed by atoms with Crippen LogP contribution in [0.15, 0.2) is 18.2 Å². The summed E-state index contributed by atoms with van der Waals surface area (Å²) >= 11 is 0. The Hall–Kier alpha value is -1.84. The number of carbonyl (C=O) groups is 2. The second-order valence-electron chi connectivity index (χ2n) is 6.69. The number of benzene rings is 1. The van der Waals surface area contributed by atoms with Gasteiger partial charge in [-0.2, -0.15) is 0 Å². The molecular weight excluding hydrogens is 266 g/mol.